The molecule has 0 spiro atoms. The molecule has 0 bridgehead atoms. The second-order valence-corrected chi connectivity index (χ2v) is 6.80. The summed E-state index contributed by atoms with van der Waals surface area (Å²) in [5, 5.41) is 5.02. The van der Waals surface area contributed by atoms with Gasteiger partial charge < -0.3 is 10.6 Å². The van der Waals surface area contributed by atoms with E-state index in [1.54, 1.807) is 18.2 Å². The van der Waals surface area contributed by atoms with Gasteiger partial charge in [-0.1, -0.05) is 23.7 Å². The fraction of sp³-hybridized carbons (Fsp3) is 0.200. The molecule has 2 aromatic rings. The van der Waals surface area contributed by atoms with Crippen molar-refractivity contribution in [3.8, 4) is 0 Å². The number of anilines is 1. The quantitative estimate of drug-likeness (QED) is 0.691. The summed E-state index contributed by atoms with van der Waals surface area (Å²) in [4.78, 5) is 24.1. The lowest BCUT2D eigenvalue weighted by atomic mass is 10.1. The van der Waals surface area contributed by atoms with Crippen LogP contribution in [0, 0.1) is 0 Å². The van der Waals surface area contributed by atoms with Crippen molar-refractivity contribution in [3.63, 3.8) is 0 Å². The lowest BCUT2D eigenvalue weighted by molar-refractivity contribution is -0.137. The average Bonchev–Trinajstić information content (AvgIpc) is 3.44. The second-order valence-electron chi connectivity index (χ2n) is 6.39. The molecule has 28 heavy (non-hydrogen) atoms. The fourth-order valence-electron chi connectivity index (χ4n) is 2.45. The van der Waals surface area contributed by atoms with Gasteiger partial charge in [0.15, 0.2) is 0 Å². The minimum atomic E-state index is -4.58. The third-order valence-corrected chi connectivity index (χ3v) is 4.36. The van der Waals surface area contributed by atoms with Gasteiger partial charge in [0.1, 0.15) is 0 Å². The van der Waals surface area contributed by atoms with Crippen LogP contribution in [0.1, 0.15) is 34.3 Å². The lowest BCUT2D eigenvalue weighted by Gasteiger charge is -2.09. The summed E-state index contributed by atoms with van der Waals surface area (Å²) in [6.07, 6.45) is -0.281. The van der Waals surface area contributed by atoms with Crippen molar-refractivity contribution < 1.29 is 22.8 Å². The van der Waals surface area contributed by atoms with E-state index in [9.17, 15) is 22.8 Å². The summed E-state index contributed by atoms with van der Waals surface area (Å²) in [5.41, 5.74) is 0.0434. The molecule has 4 nitrogen and oxygen atoms in total. The molecule has 1 aliphatic carbocycles. The van der Waals surface area contributed by atoms with Gasteiger partial charge in [0, 0.05) is 23.4 Å². The Hall–Kier alpha value is -2.80. The lowest BCUT2D eigenvalue weighted by Crippen LogP contribution is -2.25. The topological polar surface area (TPSA) is 58.2 Å². The largest absolute Gasteiger partial charge is 0.417 e. The maximum atomic E-state index is 12.9. The number of carbonyl (C=O) groups is 2. The van der Waals surface area contributed by atoms with Crippen LogP contribution in [0.5, 0.6) is 0 Å². The molecule has 1 aliphatic rings. The van der Waals surface area contributed by atoms with Crippen molar-refractivity contribution in [3.05, 3.63) is 70.3 Å². The molecule has 2 N–H and O–H groups in total. The molecule has 3 rings (SSSR count). The van der Waals surface area contributed by atoms with Crippen LogP contribution >= 0.6 is 11.6 Å². The number of benzene rings is 2. The summed E-state index contributed by atoms with van der Waals surface area (Å²) in [5.74, 6) is -0.752. The fourth-order valence-corrected chi connectivity index (χ4v) is 2.68. The zero-order chi connectivity index (χ0) is 20.3. The molecule has 1 fully saturated rings. The monoisotopic (exact) mass is 408 g/mol. The Morgan fingerprint density at radius 1 is 1.11 bits per heavy atom. The van der Waals surface area contributed by atoms with Gasteiger partial charge in [-0.05, 0) is 54.8 Å². The van der Waals surface area contributed by atoms with Gasteiger partial charge in [-0.2, -0.15) is 13.2 Å². The molecule has 0 unspecified atom stereocenters. The normalized spacial score (nSPS) is 14.1. The SMILES string of the molecule is O=C(/C=C/c1ccc(Cl)c(C(F)(F)F)c1)Nc1cccc(C(=O)NC2CC2)c1. The van der Waals surface area contributed by atoms with Gasteiger partial charge in [0.05, 0.1) is 10.6 Å². The average molecular weight is 409 g/mol. The molecular weight excluding hydrogens is 393 g/mol. The van der Waals surface area contributed by atoms with Crippen LogP contribution in [0.25, 0.3) is 6.08 Å². The predicted molar refractivity (Wildman–Crippen MR) is 101 cm³/mol. The molecule has 0 radical (unpaired) electrons. The van der Waals surface area contributed by atoms with Gasteiger partial charge in [-0.3, -0.25) is 9.59 Å². The van der Waals surface area contributed by atoms with E-state index in [0.717, 1.165) is 31.1 Å². The van der Waals surface area contributed by atoms with Crippen LogP contribution in [-0.2, 0) is 11.0 Å². The first kappa shape index (κ1) is 19.9. The summed E-state index contributed by atoms with van der Waals surface area (Å²) in [7, 11) is 0. The standard InChI is InChI=1S/C20H16ClF3N2O2/c21-17-8-4-12(10-16(17)20(22,23)24)5-9-18(27)25-15-3-1-2-13(11-15)19(28)26-14-6-7-14/h1-5,8-11,14H,6-7H2,(H,25,27)(H,26,28)/b9-5+. The van der Waals surface area contributed by atoms with Gasteiger partial charge in [-0.25, -0.2) is 0 Å². The number of hydrogen-bond donors (Lipinski definition) is 2. The molecule has 0 atom stereocenters. The molecule has 2 amide bonds. The van der Waals surface area contributed by atoms with E-state index in [-0.39, 0.29) is 17.5 Å². The highest BCUT2D eigenvalue weighted by Crippen LogP contribution is 2.35. The number of amides is 2. The molecule has 0 heterocycles. The van der Waals surface area contributed by atoms with Gasteiger partial charge in [0.25, 0.3) is 5.91 Å². The van der Waals surface area contributed by atoms with E-state index < -0.39 is 22.7 Å². The van der Waals surface area contributed by atoms with Gasteiger partial charge in [0.2, 0.25) is 5.91 Å². The van der Waals surface area contributed by atoms with Crippen LogP contribution in [0.15, 0.2) is 48.5 Å². The maximum absolute atomic E-state index is 12.9. The molecule has 0 saturated heterocycles. The van der Waals surface area contributed by atoms with Crippen molar-refractivity contribution >= 4 is 35.2 Å². The van der Waals surface area contributed by atoms with Crippen LogP contribution in [0.2, 0.25) is 5.02 Å². The summed E-state index contributed by atoms with van der Waals surface area (Å²) < 4.78 is 38.6. The number of nitrogens with one attached hydrogen (secondary N) is 2. The van der Waals surface area contributed by atoms with Crippen molar-refractivity contribution in [2.75, 3.05) is 5.32 Å². The third kappa shape index (κ3) is 5.36. The Morgan fingerprint density at radius 2 is 1.86 bits per heavy atom. The van der Waals surface area contributed by atoms with Gasteiger partial charge in [-0.15, -0.1) is 0 Å². The van der Waals surface area contributed by atoms with Gasteiger partial charge >= 0.3 is 6.18 Å². The summed E-state index contributed by atoms with van der Waals surface area (Å²) in [6.45, 7) is 0. The predicted octanol–water partition coefficient (Wildman–Crippen LogP) is 4.90. The number of alkyl halides is 3. The molecule has 0 aromatic heterocycles. The Bertz CT molecular complexity index is 937. The molecule has 2 aromatic carbocycles. The highest BCUT2D eigenvalue weighted by molar-refractivity contribution is 6.31. The van der Waals surface area contributed by atoms with Crippen LogP contribution < -0.4 is 10.6 Å². The van der Waals surface area contributed by atoms with Crippen molar-refractivity contribution in [2.24, 2.45) is 0 Å². The van der Waals surface area contributed by atoms with E-state index in [1.807, 2.05) is 0 Å². The molecule has 8 heteroatoms. The van der Waals surface area contributed by atoms with E-state index in [2.05, 4.69) is 10.6 Å². The molecular formula is C20H16ClF3N2O2. The number of hydrogen-bond acceptors (Lipinski definition) is 2. The highest BCUT2D eigenvalue weighted by Gasteiger charge is 2.33. The van der Waals surface area contributed by atoms with Crippen molar-refractivity contribution in [1.29, 1.82) is 0 Å². The molecule has 0 aliphatic heterocycles. The zero-order valence-corrected chi connectivity index (χ0v) is 15.3. The first-order valence-electron chi connectivity index (χ1n) is 8.49. The first-order valence-corrected chi connectivity index (χ1v) is 8.87. The van der Waals surface area contributed by atoms with E-state index in [1.165, 1.54) is 18.2 Å². The van der Waals surface area contributed by atoms with E-state index in [0.29, 0.717) is 11.3 Å². The summed E-state index contributed by atoms with van der Waals surface area (Å²) >= 11 is 5.57. The summed E-state index contributed by atoms with van der Waals surface area (Å²) in [6, 6.07) is 10.0. The van der Waals surface area contributed by atoms with Crippen LogP contribution in [0.4, 0.5) is 18.9 Å². The van der Waals surface area contributed by atoms with E-state index in [4.69, 9.17) is 11.6 Å². The van der Waals surface area contributed by atoms with Crippen LogP contribution in [0.3, 0.4) is 0 Å². The number of rotatable bonds is 5. The van der Waals surface area contributed by atoms with Crippen molar-refractivity contribution in [1.82, 2.24) is 5.32 Å². The maximum Gasteiger partial charge on any atom is 0.417 e. The third-order valence-electron chi connectivity index (χ3n) is 4.03. The molecule has 146 valence electrons. The Kier molecular flexibility index (Phi) is 5.74. The highest BCUT2D eigenvalue weighted by atomic mass is 35.5. The number of carbonyl (C=O) groups excluding carboxylic acids is 2. The second kappa shape index (κ2) is 8.06. The zero-order valence-electron chi connectivity index (χ0n) is 14.5. The molecule has 1 saturated carbocycles. The first-order chi connectivity index (χ1) is 13.2. The van der Waals surface area contributed by atoms with Crippen LogP contribution in [-0.4, -0.2) is 17.9 Å². The van der Waals surface area contributed by atoms with Crippen molar-refractivity contribution in [2.45, 2.75) is 25.1 Å². The smallest absolute Gasteiger partial charge is 0.349 e. The Morgan fingerprint density at radius 3 is 2.54 bits per heavy atom. The minimum absolute atomic E-state index is 0.185. The Labute approximate surface area is 164 Å². The minimum Gasteiger partial charge on any atom is -0.349 e. The van der Waals surface area contributed by atoms with E-state index >= 15 is 0 Å². The number of halogens is 4. The Balaban J connectivity index is 1.66.